The van der Waals surface area contributed by atoms with E-state index in [4.69, 9.17) is 0 Å². The minimum Gasteiger partial charge on any atom is -0.361 e. The molecule has 34 heavy (non-hydrogen) atoms. The van der Waals surface area contributed by atoms with Crippen molar-refractivity contribution in [3.8, 4) is 0 Å². The highest BCUT2D eigenvalue weighted by molar-refractivity contribution is 7.89. The predicted molar refractivity (Wildman–Crippen MR) is 135 cm³/mol. The number of hydrogen-bond donors (Lipinski definition) is 3. The number of aromatic nitrogens is 1. The fourth-order valence-corrected chi connectivity index (χ4v) is 5.16. The Bertz CT molecular complexity index is 1400. The quantitative estimate of drug-likeness (QED) is 0.335. The van der Waals surface area contributed by atoms with Crippen LogP contribution in [0.4, 0.5) is 0 Å². The number of para-hydroxylation sites is 1. The van der Waals surface area contributed by atoms with Gasteiger partial charge in [-0.25, -0.2) is 13.1 Å². The van der Waals surface area contributed by atoms with E-state index < -0.39 is 10.0 Å². The van der Waals surface area contributed by atoms with Gasteiger partial charge in [-0.05, 0) is 54.3 Å². The van der Waals surface area contributed by atoms with Crippen LogP contribution in [-0.4, -0.2) is 32.4 Å². The Kier molecular flexibility index (Phi) is 7.14. The fourth-order valence-electron chi connectivity index (χ4n) is 4.04. The standard InChI is InChI=1S/C27H29N3O3S/c1-19-12-13-22(16-20(19)2)34(32,33)30-15-14-27(31)29-17-24(21-8-4-3-5-9-21)25-18-28-26-11-7-6-10-23(25)26/h3-13,16,18,24,28,30H,14-15,17H2,1-2H3,(H,29,31). The molecule has 0 aliphatic carbocycles. The average Bonchev–Trinajstić information content (AvgIpc) is 3.25. The third kappa shape index (κ3) is 5.38. The zero-order chi connectivity index (χ0) is 24.1. The molecule has 7 heteroatoms. The minimum absolute atomic E-state index is 0.0319. The zero-order valence-electron chi connectivity index (χ0n) is 19.3. The molecule has 0 aliphatic rings. The summed E-state index contributed by atoms with van der Waals surface area (Å²) >= 11 is 0. The highest BCUT2D eigenvalue weighted by atomic mass is 32.2. The molecular formula is C27H29N3O3S. The van der Waals surface area contributed by atoms with Crippen LogP contribution in [0, 0.1) is 13.8 Å². The van der Waals surface area contributed by atoms with Crippen LogP contribution < -0.4 is 10.0 Å². The number of carbonyl (C=O) groups is 1. The second-order valence-electron chi connectivity index (χ2n) is 8.45. The van der Waals surface area contributed by atoms with Crippen LogP contribution in [0.15, 0.2) is 83.9 Å². The van der Waals surface area contributed by atoms with Crippen molar-refractivity contribution < 1.29 is 13.2 Å². The van der Waals surface area contributed by atoms with Gasteiger partial charge in [0.1, 0.15) is 0 Å². The van der Waals surface area contributed by atoms with Crippen LogP contribution in [0.1, 0.15) is 34.6 Å². The van der Waals surface area contributed by atoms with Crippen LogP contribution in [0.25, 0.3) is 10.9 Å². The number of hydrogen-bond acceptors (Lipinski definition) is 3. The molecule has 4 rings (SSSR count). The molecule has 176 valence electrons. The molecule has 0 aliphatic heterocycles. The van der Waals surface area contributed by atoms with Gasteiger partial charge in [0.25, 0.3) is 0 Å². The van der Waals surface area contributed by atoms with Gasteiger partial charge in [0.05, 0.1) is 4.90 Å². The van der Waals surface area contributed by atoms with E-state index in [1.165, 1.54) is 0 Å². The van der Waals surface area contributed by atoms with Crippen molar-refractivity contribution in [3.05, 3.63) is 101 Å². The molecule has 1 unspecified atom stereocenters. The number of carbonyl (C=O) groups excluding carboxylic acids is 1. The van der Waals surface area contributed by atoms with E-state index in [0.29, 0.717) is 6.54 Å². The first kappa shape index (κ1) is 23.7. The maximum Gasteiger partial charge on any atom is 0.240 e. The smallest absolute Gasteiger partial charge is 0.240 e. The largest absolute Gasteiger partial charge is 0.361 e. The molecule has 0 fully saturated rings. The molecule has 1 aromatic heterocycles. The molecule has 3 aromatic carbocycles. The lowest BCUT2D eigenvalue weighted by Crippen LogP contribution is -2.33. The molecule has 1 amide bonds. The zero-order valence-corrected chi connectivity index (χ0v) is 20.2. The molecule has 0 saturated heterocycles. The van der Waals surface area contributed by atoms with Gasteiger partial charge in [0.15, 0.2) is 0 Å². The first-order valence-electron chi connectivity index (χ1n) is 11.3. The van der Waals surface area contributed by atoms with Gasteiger partial charge in [-0.2, -0.15) is 0 Å². The Morgan fingerprint density at radius 3 is 2.44 bits per heavy atom. The third-order valence-corrected chi connectivity index (χ3v) is 7.59. The summed E-state index contributed by atoms with van der Waals surface area (Å²) in [4.78, 5) is 16.1. The Balaban J connectivity index is 1.40. The lowest BCUT2D eigenvalue weighted by molar-refractivity contribution is -0.120. The number of benzene rings is 3. The van der Waals surface area contributed by atoms with Crippen molar-refractivity contribution in [2.24, 2.45) is 0 Å². The number of aryl methyl sites for hydroxylation is 2. The van der Waals surface area contributed by atoms with Crippen molar-refractivity contribution in [1.29, 1.82) is 0 Å². The summed E-state index contributed by atoms with van der Waals surface area (Å²) < 4.78 is 27.7. The summed E-state index contributed by atoms with van der Waals surface area (Å²) in [6, 6.07) is 23.1. The second-order valence-corrected chi connectivity index (χ2v) is 10.2. The second kappa shape index (κ2) is 10.2. The monoisotopic (exact) mass is 475 g/mol. The number of rotatable bonds is 9. The van der Waals surface area contributed by atoms with E-state index >= 15 is 0 Å². The van der Waals surface area contributed by atoms with E-state index in [1.54, 1.807) is 18.2 Å². The van der Waals surface area contributed by atoms with Crippen molar-refractivity contribution in [3.63, 3.8) is 0 Å². The molecule has 4 aromatic rings. The number of amides is 1. The van der Waals surface area contributed by atoms with Crippen LogP contribution in [0.3, 0.4) is 0 Å². The number of fused-ring (bicyclic) bond motifs is 1. The van der Waals surface area contributed by atoms with Gasteiger partial charge < -0.3 is 10.3 Å². The summed E-state index contributed by atoms with van der Waals surface area (Å²) in [5.74, 6) is -0.239. The van der Waals surface area contributed by atoms with Crippen molar-refractivity contribution in [1.82, 2.24) is 15.0 Å². The molecule has 1 heterocycles. The van der Waals surface area contributed by atoms with Crippen LogP contribution >= 0.6 is 0 Å². The minimum atomic E-state index is -3.66. The van der Waals surface area contributed by atoms with Gasteiger partial charge >= 0.3 is 0 Å². The van der Waals surface area contributed by atoms with Gasteiger partial charge in [0, 0.05) is 42.5 Å². The van der Waals surface area contributed by atoms with Gasteiger partial charge in [0.2, 0.25) is 15.9 Å². The Labute approximate surface area is 200 Å². The van der Waals surface area contributed by atoms with E-state index in [1.807, 2.05) is 56.4 Å². The summed E-state index contributed by atoms with van der Waals surface area (Å²) in [5.41, 5.74) is 5.19. The molecule has 0 spiro atoms. The molecule has 6 nitrogen and oxygen atoms in total. The maximum atomic E-state index is 12.6. The summed E-state index contributed by atoms with van der Waals surface area (Å²) in [6.07, 6.45) is 2.05. The number of sulfonamides is 1. The average molecular weight is 476 g/mol. The molecular weight excluding hydrogens is 446 g/mol. The van der Waals surface area contributed by atoms with E-state index in [0.717, 1.165) is 33.2 Å². The van der Waals surface area contributed by atoms with Crippen molar-refractivity contribution in [2.45, 2.75) is 31.1 Å². The van der Waals surface area contributed by atoms with Crippen LogP contribution in [0.5, 0.6) is 0 Å². The topological polar surface area (TPSA) is 91.1 Å². The molecule has 1 atom stereocenters. The number of H-pyrrole nitrogens is 1. The van der Waals surface area contributed by atoms with Crippen molar-refractivity contribution >= 4 is 26.8 Å². The SMILES string of the molecule is Cc1ccc(S(=O)(=O)NCCC(=O)NCC(c2ccccc2)c2c[nH]c3ccccc23)cc1C. The molecule has 0 radical (unpaired) electrons. The Hall–Kier alpha value is -3.42. The van der Waals surface area contributed by atoms with Gasteiger partial charge in [-0.1, -0.05) is 54.6 Å². The predicted octanol–water partition coefficient (Wildman–Crippen LogP) is 4.40. The first-order valence-corrected chi connectivity index (χ1v) is 12.8. The van der Waals surface area contributed by atoms with Gasteiger partial charge in [-0.3, -0.25) is 4.79 Å². The molecule has 0 bridgehead atoms. The molecule has 3 N–H and O–H groups in total. The van der Waals surface area contributed by atoms with E-state index in [-0.39, 0.29) is 29.7 Å². The van der Waals surface area contributed by atoms with E-state index in [2.05, 4.69) is 33.2 Å². The Morgan fingerprint density at radius 1 is 0.941 bits per heavy atom. The summed E-state index contributed by atoms with van der Waals surface area (Å²) in [6.45, 7) is 4.25. The lowest BCUT2D eigenvalue weighted by Gasteiger charge is -2.18. The van der Waals surface area contributed by atoms with Crippen molar-refractivity contribution in [2.75, 3.05) is 13.1 Å². The lowest BCUT2D eigenvalue weighted by atomic mass is 9.91. The van der Waals surface area contributed by atoms with Crippen LogP contribution in [0.2, 0.25) is 0 Å². The first-order chi connectivity index (χ1) is 16.3. The normalized spacial score (nSPS) is 12.5. The highest BCUT2D eigenvalue weighted by Gasteiger charge is 2.19. The summed E-state index contributed by atoms with van der Waals surface area (Å²) in [5, 5.41) is 4.11. The van der Waals surface area contributed by atoms with E-state index in [9.17, 15) is 13.2 Å². The number of nitrogens with one attached hydrogen (secondary N) is 3. The Morgan fingerprint density at radius 2 is 1.68 bits per heavy atom. The maximum absolute atomic E-state index is 12.6. The van der Waals surface area contributed by atoms with Crippen LogP contribution in [-0.2, 0) is 14.8 Å². The number of aromatic amines is 1. The van der Waals surface area contributed by atoms with Gasteiger partial charge in [-0.15, -0.1) is 0 Å². The fraction of sp³-hybridized carbons (Fsp3) is 0.222. The third-order valence-electron chi connectivity index (χ3n) is 6.13. The highest BCUT2D eigenvalue weighted by Crippen LogP contribution is 2.30. The summed E-state index contributed by atoms with van der Waals surface area (Å²) in [7, 11) is -3.66. The molecule has 0 saturated carbocycles.